The van der Waals surface area contributed by atoms with Gasteiger partial charge in [0.05, 0.1) is 5.56 Å². The molecule has 0 unspecified atom stereocenters. The highest BCUT2D eigenvalue weighted by molar-refractivity contribution is 5.95. The van der Waals surface area contributed by atoms with Crippen LogP contribution in [0.2, 0.25) is 0 Å². The predicted octanol–water partition coefficient (Wildman–Crippen LogP) is 3.71. The van der Waals surface area contributed by atoms with Crippen LogP contribution in [-0.4, -0.2) is 41.5 Å². The molecule has 2 aliphatic heterocycles. The summed E-state index contributed by atoms with van der Waals surface area (Å²) in [5.74, 6) is -0.781. The SMILES string of the molecule is O=C(O)c1ccc(N2CCc3cc(C(=O)N4CCCCC4)ccc32)cc1. The number of piperidine rings is 1. The molecule has 1 saturated heterocycles. The van der Waals surface area contributed by atoms with Gasteiger partial charge in [-0.05, 0) is 73.7 Å². The van der Waals surface area contributed by atoms with Crippen LogP contribution in [0.15, 0.2) is 42.5 Å². The number of carboxylic acids is 1. The first-order chi connectivity index (χ1) is 12.6. The van der Waals surface area contributed by atoms with Crippen molar-refractivity contribution < 1.29 is 14.7 Å². The maximum atomic E-state index is 12.7. The minimum absolute atomic E-state index is 0.136. The molecule has 0 radical (unpaired) electrons. The maximum Gasteiger partial charge on any atom is 0.335 e. The zero-order valence-electron chi connectivity index (χ0n) is 14.6. The number of aromatic carboxylic acids is 1. The predicted molar refractivity (Wildman–Crippen MR) is 100 cm³/mol. The summed E-state index contributed by atoms with van der Waals surface area (Å²) < 4.78 is 0. The highest BCUT2D eigenvalue weighted by Gasteiger charge is 2.24. The van der Waals surface area contributed by atoms with E-state index in [-0.39, 0.29) is 11.5 Å². The molecule has 1 N–H and O–H groups in total. The number of carbonyl (C=O) groups is 2. The zero-order chi connectivity index (χ0) is 18.1. The van der Waals surface area contributed by atoms with E-state index in [1.165, 1.54) is 12.0 Å². The van der Waals surface area contributed by atoms with E-state index in [0.29, 0.717) is 0 Å². The van der Waals surface area contributed by atoms with E-state index in [0.717, 1.165) is 55.8 Å². The molecule has 2 aromatic rings. The summed E-state index contributed by atoms with van der Waals surface area (Å²) in [6.07, 6.45) is 4.29. The fraction of sp³-hybridized carbons (Fsp3) is 0.333. The van der Waals surface area contributed by atoms with E-state index in [4.69, 9.17) is 5.11 Å². The van der Waals surface area contributed by atoms with Crippen LogP contribution in [0.4, 0.5) is 11.4 Å². The molecule has 0 bridgehead atoms. The van der Waals surface area contributed by atoms with Gasteiger partial charge in [-0.3, -0.25) is 4.79 Å². The van der Waals surface area contributed by atoms with Gasteiger partial charge in [0.1, 0.15) is 0 Å². The van der Waals surface area contributed by atoms with E-state index in [1.54, 1.807) is 12.1 Å². The molecular formula is C21H22N2O3. The normalized spacial score (nSPS) is 16.5. The number of fused-ring (bicyclic) bond motifs is 1. The third kappa shape index (κ3) is 3.05. The second-order valence-corrected chi connectivity index (χ2v) is 6.95. The van der Waals surface area contributed by atoms with Crippen LogP contribution in [0, 0.1) is 0 Å². The summed E-state index contributed by atoms with van der Waals surface area (Å²) in [7, 11) is 0. The molecule has 4 rings (SSSR count). The minimum Gasteiger partial charge on any atom is -0.478 e. The van der Waals surface area contributed by atoms with Crippen molar-refractivity contribution in [1.82, 2.24) is 4.90 Å². The number of carboxylic acid groups (broad SMARTS) is 1. The average Bonchev–Trinajstić information content (AvgIpc) is 3.11. The lowest BCUT2D eigenvalue weighted by atomic mass is 10.1. The van der Waals surface area contributed by atoms with Gasteiger partial charge in [-0.1, -0.05) is 0 Å². The van der Waals surface area contributed by atoms with E-state index >= 15 is 0 Å². The maximum absolute atomic E-state index is 12.7. The number of hydrogen-bond acceptors (Lipinski definition) is 3. The average molecular weight is 350 g/mol. The van der Waals surface area contributed by atoms with Gasteiger partial charge in [0.25, 0.3) is 5.91 Å². The van der Waals surface area contributed by atoms with Crippen molar-refractivity contribution in [3.05, 3.63) is 59.2 Å². The van der Waals surface area contributed by atoms with Crippen molar-refractivity contribution in [1.29, 1.82) is 0 Å². The van der Waals surface area contributed by atoms with Crippen LogP contribution in [0.3, 0.4) is 0 Å². The highest BCUT2D eigenvalue weighted by Crippen LogP contribution is 2.35. The van der Waals surface area contributed by atoms with E-state index in [9.17, 15) is 9.59 Å². The molecule has 2 aromatic carbocycles. The molecule has 5 nitrogen and oxygen atoms in total. The van der Waals surface area contributed by atoms with Gasteiger partial charge >= 0.3 is 5.97 Å². The van der Waals surface area contributed by atoms with Crippen molar-refractivity contribution in [2.45, 2.75) is 25.7 Å². The molecule has 5 heteroatoms. The molecule has 2 heterocycles. The van der Waals surface area contributed by atoms with Gasteiger partial charge in [0, 0.05) is 36.6 Å². The second-order valence-electron chi connectivity index (χ2n) is 6.95. The van der Waals surface area contributed by atoms with Crippen LogP contribution in [0.25, 0.3) is 0 Å². The largest absolute Gasteiger partial charge is 0.478 e. The summed E-state index contributed by atoms with van der Waals surface area (Å²) >= 11 is 0. The highest BCUT2D eigenvalue weighted by atomic mass is 16.4. The molecule has 134 valence electrons. The van der Waals surface area contributed by atoms with Crippen LogP contribution < -0.4 is 4.90 Å². The quantitative estimate of drug-likeness (QED) is 0.917. The lowest BCUT2D eigenvalue weighted by Gasteiger charge is -2.27. The summed E-state index contributed by atoms with van der Waals surface area (Å²) in [5, 5.41) is 9.04. The van der Waals surface area contributed by atoms with Gasteiger partial charge in [-0.25, -0.2) is 4.79 Å². The van der Waals surface area contributed by atoms with E-state index < -0.39 is 5.97 Å². The molecular weight excluding hydrogens is 328 g/mol. The van der Waals surface area contributed by atoms with Crippen molar-refractivity contribution in [2.24, 2.45) is 0 Å². The third-order valence-corrected chi connectivity index (χ3v) is 5.29. The zero-order valence-corrected chi connectivity index (χ0v) is 14.6. The summed E-state index contributed by atoms with van der Waals surface area (Å²) in [6, 6.07) is 12.9. The first kappa shape index (κ1) is 16.6. The summed E-state index contributed by atoms with van der Waals surface area (Å²) in [6.45, 7) is 2.55. The van der Waals surface area contributed by atoms with Crippen LogP contribution in [-0.2, 0) is 6.42 Å². The fourth-order valence-electron chi connectivity index (χ4n) is 3.87. The Bertz CT molecular complexity index is 839. The standard InChI is InChI=1S/C21H22N2O3/c24-20(22-11-2-1-3-12-22)17-6-9-19-16(14-17)10-13-23(19)18-7-4-15(5-8-18)21(25)26/h4-9,14H,1-3,10-13H2,(H,25,26). The number of rotatable bonds is 3. The number of nitrogens with zero attached hydrogens (tertiary/aromatic N) is 2. The second kappa shape index (κ2) is 6.83. The summed E-state index contributed by atoms with van der Waals surface area (Å²) in [5.41, 5.74) is 4.31. The van der Waals surface area contributed by atoms with Crippen molar-refractivity contribution >= 4 is 23.3 Å². The first-order valence-electron chi connectivity index (χ1n) is 9.16. The molecule has 0 atom stereocenters. The van der Waals surface area contributed by atoms with Gasteiger partial charge in [0.2, 0.25) is 0 Å². The Morgan fingerprint density at radius 1 is 0.846 bits per heavy atom. The monoisotopic (exact) mass is 350 g/mol. The Labute approximate surface area is 152 Å². The smallest absolute Gasteiger partial charge is 0.335 e. The Kier molecular flexibility index (Phi) is 4.37. The van der Waals surface area contributed by atoms with Gasteiger partial charge in [-0.2, -0.15) is 0 Å². The number of benzene rings is 2. The number of carbonyl (C=O) groups excluding carboxylic acids is 1. The van der Waals surface area contributed by atoms with Crippen LogP contribution >= 0.6 is 0 Å². The van der Waals surface area contributed by atoms with Crippen molar-refractivity contribution in [2.75, 3.05) is 24.5 Å². The molecule has 0 saturated carbocycles. The lowest BCUT2D eigenvalue weighted by molar-refractivity contribution is 0.0694. The first-order valence-corrected chi connectivity index (χ1v) is 9.16. The molecule has 0 aromatic heterocycles. The number of amides is 1. The molecule has 0 aliphatic carbocycles. The Morgan fingerprint density at radius 2 is 1.54 bits per heavy atom. The fourth-order valence-corrected chi connectivity index (χ4v) is 3.87. The molecule has 2 aliphatic rings. The number of likely N-dealkylation sites (tertiary alicyclic amines) is 1. The minimum atomic E-state index is -0.917. The Hall–Kier alpha value is -2.82. The van der Waals surface area contributed by atoms with E-state index in [1.807, 2.05) is 35.2 Å². The molecule has 0 spiro atoms. The third-order valence-electron chi connectivity index (χ3n) is 5.29. The molecule has 1 amide bonds. The molecule has 1 fully saturated rings. The number of hydrogen-bond donors (Lipinski definition) is 1. The lowest BCUT2D eigenvalue weighted by Crippen LogP contribution is -2.35. The molecule has 26 heavy (non-hydrogen) atoms. The van der Waals surface area contributed by atoms with Gasteiger partial charge in [0.15, 0.2) is 0 Å². The van der Waals surface area contributed by atoms with Crippen LogP contribution in [0.1, 0.15) is 45.5 Å². The summed E-state index contributed by atoms with van der Waals surface area (Å²) in [4.78, 5) is 27.9. The number of anilines is 2. The van der Waals surface area contributed by atoms with Gasteiger partial charge < -0.3 is 14.9 Å². The van der Waals surface area contributed by atoms with Crippen molar-refractivity contribution in [3.8, 4) is 0 Å². The topological polar surface area (TPSA) is 60.9 Å². The Balaban J connectivity index is 1.56. The van der Waals surface area contributed by atoms with Gasteiger partial charge in [-0.15, -0.1) is 0 Å². The van der Waals surface area contributed by atoms with Crippen LogP contribution in [0.5, 0.6) is 0 Å². The van der Waals surface area contributed by atoms with Crippen molar-refractivity contribution in [3.63, 3.8) is 0 Å². The Morgan fingerprint density at radius 3 is 2.23 bits per heavy atom. The van der Waals surface area contributed by atoms with E-state index in [2.05, 4.69) is 4.90 Å².